The van der Waals surface area contributed by atoms with E-state index in [4.69, 9.17) is 0 Å². The first-order chi connectivity index (χ1) is 33.2. The lowest BCUT2D eigenvalue weighted by Gasteiger charge is -2.37. The maximum atomic E-state index is 14.7. The number of carbonyl (C=O) groups excluding carboxylic acids is 6. The van der Waals surface area contributed by atoms with Crippen LogP contribution in [0.1, 0.15) is 146 Å². The summed E-state index contributed by atoms with van der Waals surface area (Å²) < 4.78 is 0. The van der Waals surface area contributed by atoms with Crippen LogP contribution in [-0.2, 0) is 32.0 Å². The molecule has 5 rings (SSSR count). The van der Waals surface area contributed by atoms with Crippen LogP contribution in [0.25, 0.3) is 0 Å². The molecule has 70 heavy (non-hydrogen) atoms. The lowest BCUT2D eigenvalue weighted by Crippen LogP contribution is -2.57. The Bertz CT molecular complexity index is 2180. The third-order valence-corrected chi connectivity index (χ3v) is 14.8. The van der Waals surface area contributed by atoms with Crippen LogP contribution in [0.3, 0.4) is 0 Å². The van der Waals surface area contributed by atoms with Crippen molar-refractivity contribution in [3.8, 4) is 0 Å². The standard InChI is InChI=1S/C58H84N6O6/c1-11-41(2)52(66)60-51(58(7,8)9)56(70)64-36-21-28-48(64)40-62(37-33-44-24-16-13-17-25-44)54(68)46-31-29-45(30-32-46)53(67)61(34-19-18-26-43-22-14-12-15-23-43)39-47-27-20-35-63(47)55(69)49(57(4,5)6)38-50(65)42(3)59-10/h12-17,22-25,29-32,41-42,47-49,51,59H,11,18-21,26-28,33-40H2,1-10H3,(H,60,66)/t41-,42+,47+,48+,49-,51-/m1/s1. The van der Waals surface area contributed by atoms with Gasteiger partial charge in [0.15, 0.2) is 0 Å². The third kappa shape index (κ3) is 15.3. The molecule has 0 unspecified atom stereocenters. The highest BCUT2D eigenvalue weighted by Gasteiger charge is 2.42. The van der Waals surface area contributed by atoms with Crippen LogP contribution in [0.4, 0.5) is 0 Å². The molecule has 0 saturated carbocycles. The van der Waals surface area contributed by atoms with Crippen molar-refractivity contribution in [1.82, 2.24) is 30.2 Å². The summed E-state index contributed by atoms with van der Waals surface area (Å²) in [4.78, 5) is 92.0. The van der Waals surface area contributed by atoms with E-state index in [0.717, 1.165) is 50.5 Å². The first-order valence-electron chi connectivity index (χ1n) is 26.1. The second-order valence-electron chi connectivity index (χ2n) is 22.1. The predicted octanol–water partition coefficient (Wildman–Crippen LogP) is 8.63. The molecular weight excluding hydrogens is 877 g/mol. The molecular formula is C58H84N6O6. The summed E-state index contributed by atoms with van der Waals surface area (Å²) in [7, 11) is 1.75. The van der Waals surface area contributed by atoms with Gasteiger partial charge < -0.3 is 30.2 Å². The summed E-state index contributed by atoms with van der Waals surface area (Å²) in [6, 6.07) is 25.8. The second kappa shape index (κ2) is 25.7. The topological polar surface area (TPSA) is 139 Å². The number of hydrogen-bond donors (Lipinski definition) is 2. The zero-order valence-corrected chi connectivity index (χ0v) is 44.1. The zero-order chi connectivity index (χ0) is 51.2. The van der Waals surface area contributed by atoms with Gasteiger partial charge in [0.2, 0.25) is 17.7 Å². The number of nitrogens with one attached hydrogen (secondary N) is 2. The van der Waals surface area contributed by atoms with Crippen LogP contribution in [0.5, 0.6) is 0 Å². The maximum Gasteiger partial charge on any atom is 0.253 e. The molecule has 2 saturated heterocycles. The molecule has 3 aromatic rings. The molecule has 5 amide bonds. The van der Waals surface area contributed by atoms with Gasteiger partial charge in [0, 0.05) is 80.7 Å². The minimum absolute atomic E-state index is 0.00649. The van der Waals surface area contributed by atoms with Gasteiger partial charge in [-0.2, -0.15) is 0 Å². The molecule has 382 valence electrons. The Hall–Kier alpha value is -5.36. The van der Waals surface area contributed by atoms with Crippen LogP contribution in [-0.4, -0.2) is 125 Å². The van der Waals surface area contributed by atoms with Gasteiger partial charge >= 0.3 is 0 Å². The Morgan fingerprint density at radius 2 is 1.13 bits per heavy atom. The lowest BCUT2D eigenvalue weighted by molar-refractivity contribution is -0.143. The van der Waals surface area contributed by atoms with E-state index >= 15 is 0 Å². The Kier molecular flexibility index (Phi) is 20.4. The molecule has 2 N–H and O–H groups in total. The normalized spacial score (nSPS) is 17.9. The van der Waals surface area contributed by atoms with Crippen molar-refractivity contribution in [2.24, 2.45) is 22.7 Å². The number of likely N-dealkylation sites (N-methyl/N-ethyl adjacent to an activating group) is 1. The number of Topliss-reactive ketones (excluding diaryl/α,β-unsaturated/α-hetero) is 1. The molecule has 2 aliphatic rings. The SMILES string of the molecule is CC[C@@H](C)C(=O)N[C@H](C(=O)N1CCC[C@H]1CN(CCc1ccccc1)C(=O)c1ccc(C(=O)N(CCCCc2ccccc2)C[C@@H]2CCCN2C(=O)[C@@H](CC(=O)[C@H](C)NC)C(C)(C)C)cc1)C(C)(C)C. The van der Waals surface area contributed by atoms with Crippen molar-refractivity contribution in [2.45, 2.75) is 151 Å². The number of likely N-dealkylation sites (tertiary alicyclic amines) is 2. The number of carbonyl (C=O) groups is 6. The first-order valence-corrected chi connectivity index (χ1v) is 26.1. The molecule has 0 radical (unpaired) electrons. The van der Waals surface area contributed by atoms with Crippen molar-refractivity contribution in [3.05, 3.63) is 107 Å². The Labute approximate surface area is 419 Å². The average Bonchev–Trinajstić information content (AvgIpc) is 4.03. The van der Waals surface area contributed by atoms with Gasteiger partial charge in [0.1, 0.15) is 11.8 Å². The Morgan fingerprint density at radius 1 is 0.643 bits per heavy atom. The molecule has 0 aliphatic carbocycles. The quantitative estimate of drug-likeness (QED) is 0.0908. The largest absolute Gasteiger partial charge is 0.344 e. The van der Waals surface area contributed by atoms with E-state index in [0.29, 0.717) is 63.2 Å². The van der Waals surface area contributed by atoms with E-state index in [2.05, 4.69) is 22.8 Å². The van der Waals surface area contributed by atoms with Crippen molar-refractivity contribution < 1.29 is 28.8 Å². The minimum atomic E-state index is -0.711. The van der Waals surface area contributed by atoms with E-state index in [1.54, 1.807) is 31.3 Å². The van der Waals surface area contributed by atoms with Gasteiger partial charge in [-0.1, -0.05) is 116 Å². The molecule has 0 spiro atoms. The molecule has 6 atom stereocenters. The van der Waals surface area contributed by atoms with E-state index in [9.17, 15) is 28.8 Å². The molecule has 2 fully saturated rings. The molecule has 2 heterocycles. The third-order valence-electron chi connectivity index (χ3n) is 14.8. The molecule has 0 bridgehead atoms. The predicted molar refractivity (Wildman–Crippen MR) is 279 cm³/mol. The summed E-state index contributed by atoms with van der Waals surface area (Å²) in [5, 5.41) is 6.10. The van der Waals surface area contributed by atoms with Gasteiger partial charge in [-0.05, 0) is 118 Å². The molecule has 12 nitrogen and oxygen atoms in total. The lowest BCUT2D eigenvalue weighted by atomic mass is 9.76. The van der Waals surface area contributed by atoms with E-state index in [1.165, 1.54) is 5.56 Å². The van der Waals surface area contributed by atoms with Gasteiger partial charge in [-0.25, -0.2) is 0 Å². The van der Waals surface area contributed by atoms with Gasteiger partial charge in [0.05, 0.1) is 6.04 Å². The fraction of sp³-hybridized carbons (Fsp3) is 0.586. The van der Waals surface area contributed by atoms with Crippen molar-refractivity contribution >= 4 is 35.3 Å². The second-order valence-corrected chi connectivity index (χ2v) is 22.1. The highest BCUT2D eigenvalue weighted by molar-refractivity contribution is 5.98. The number of nitrogens with zero attached hydrogens (tertiary/aromatic N) is 4. The van der Waals surface area contributed by atoms with Gasteiger partial charge in [-0.15, -0.1) is 0 Å². The number of ketones is 1. The summed E-state index contributed by atoms with van der Waals surface area (Å²) in [6.45, 7) is 20.4. The maximum absolute atomic E-state index is 14.7. The van der Waals surface area contributed by atoms with Crippen LogP contribution in [0.2, 0.25) is 0 Å². The van der Waals surface area contributed by atoms with Crippen LogP contribution >= 0.6 is 0 Å². The molecule has 12 heteroatoms. The van der Waals surface area contributed by atoms with Crippen molar-refractivity contribution in [2.75, 3.05) is 46.3 Å². The molecule has 3 aromatic carbocycles. The average molecular weight is 961 g/mol. The zero-order valence-electron chi connectivity index (χ0n) is 44.1. The number of unbranched alkanes of at least 4 members (excludes halogenated alkanes) is 1. The van der Waals surface area contributed by atoms with Crippen molar-refractivity contribution in [3.63, 3.8) is 0 Å². The van der Waals surface area contributed by atoms with Gasteiger partial charge in [-0.3, -0.25) is 28.8 Å². The van der Waals surface area contributed by atoms with E-state index < -0.39 is 22.8 Å². The highest BCUT2D eigenvalue weighted by Crippen LogP contribution is 2.34. The van der Waals surface area contributed by atoms with Crippen molar-refractivity contribution in [1.29, 1.82) is 0 Å². The summed E-state index contributed by atoms with van der Waals surface area (Å²) in [5.41, 5.74) is 2.29. The van der Waals surface area contributed by atoms with Gasteiger partial charge in [0.25, 0.3) is 11.8 Å². The monoisotopic (exact) mass is 961 g/mol. The molecule has 0 aromatic heterocycles. The highest BCUT2D eigenvalue weighted by atomic mass is 16.2. The molecule has 2 aliphatic heterocycles. The number of benzene rings is 3. The number of aryl methyl sites for hydroxylation is 1. The summed E-state index contributed by atoms with van der Waals surface area (Å²) in [6.07, 6.45) is 7.11. The Balaban J connectivity index is 1.37. The van der Waals surface area contributed by atoms with Crippen LogP contribution in [0.15, 0.2) is 84.9 Å². The fourth-order valence-corrected chi connectivity index (χ4v) is 9.78. The Morgan fingerprint density at radius 3 is 1.60 bits per heavy atom. The van der Waals surface area contributed by atoms with E-state index in [1.807, 2.05) is 130 Å². The van der Waals surface area contributed by atoms with E-state index in [-0.39, 0.29) is 65.8 Å². The van der Waals surface area contributed by atoms with Crippen LogP contribution < -0.4 is 10.6 Å². The fourth-order valence-electron chi connectivity index (χ4n) is 9.78. The minimum Gasteiger partial charge on any atom is -0.344 e. The number of rotatable bonds is 23. The smallest absolute Gasteiger partial charge is 0.253 e. The summed E-state index contributed by atoms with van der Waals surface area (Å²) >= 11 is 0. The first kappa shape index (κ1) is 55.6. The number of amides is 5. The van der Waals surface area contributed by atoms with Crippen LogP contribution in [0, 0.1) is 22.7 Å². The summed E-state index contributed by atoms with van der Waals surface area (Å²) in [5.74, 6) is -1.33. The number of hydrogen-bond acceptors (Lipinski definition) is 7.